The molecule has 1 saturated heterocycles. The van der Waals surface area contributed by atoms with E-state index in [1.165, 1.54) is 0 Å². The van der Waals surface area contributed by atoms with E-state index >= 15 is 0 Å². The van der Waals surface area contributed by atoms with Gasteiger partial charge in [-0.3, -0.25) is 9.59 Å². The van der Waals surface area contributed by atoms with Crippen LogP contribution in [0.15, 0.2) is 24.3 Å². The van der Waals surface area contributed by atoms with Crippen LogP contribution in [-0.4, -0.2) is 49.0 Å². The van der Waals surface area contributed by atoms with E-state index in [2.05, 4.69) is 0 Å². The van der Waals surface area contributed by atoms with Crippen molar-refractivity contribution in [2.75, 3.05) is 26.9 Å². The second-order valence-corrected chi connectivity index (χ2v) is 6.37. The van der Waals surface area contributed by atoms with Crippen LogP contribution < -0.4 is 4.74 Å². The summed E-state index contributed by atoms with van der Waals surface area (Å²) >= 11 is 0. The van der Waals surface area contributed by atoms with Gasteiger partial charge in [0.15, 0.2) is 0 Å². The fourth-order valence-corrected chi connectivity index (χ4v) is 3.49. The number of ketones is 1. The van der Waals surface area contributed by atoms with Gasteiger partial charge in [0.25, 0.3) is 5.91 Å². The molecule has 2 aliphatic rings. The second kappa shape index (κ2) is 6.71. The van der Waals surface area contributed by atoms with Gasteiger partial charge in [0.1, 0.15) is 18.1 Å². The van der Waals surface area contributed by atoms with Gasteiger partial charge in [-0.1, -0.05) is 6.07 Å². The summed E-state index contributed by atoms with van der Waals surface area (Å²) in [5, 5.41) is 0. The lowest BCUT2D eigenvalue weighted by Crippen LogP contribution is -2.60. The molecule has 1 amide bonds. The Morgan fingerprint density at radius 3 is 2.83 bits per heavy atom. The maximum atomic E-state index is 12.9. The molecule has 5 heteroatoms. The van der Waals surface area contributed by atoms with Gasteiger partial charge in [0.05, 0.1) is 12.1 Å². The summed E-state index contributed by atoms with van der Waals surface area (Å²) in [5.74, 6) is 0.962. The summed E-state index contributed by atoms with van der Waals surface area (Å²) in [6.45, 7) is 1.50. The maximum Gasteiger partial charge on any atom is 0.254 e. The standard InChI is InChI=1S/C18H23NO4/c1-22-10-11-23-16-5-2-4-14(12-16)17(21)19-9-6-15(20)13-18(19)7-3-8-18/h2,4-5,12H,3,6-11,13H2,1H3. The number of hydrogen-bond acceptors (Lipinski definition) is 4. The number of hydrogen-bond donors (Lipinski definition) is 0. The third-order valence-electron chi connectivity index (χ3n) is 4.88. The third kappa shape index (κ3) is 3.24. The Morgan fingerprint density at radius 1 is 1.30 bits per heavy atom. The van der Waals surface area contributed by atoms with Crippen molar-refractivity contribution in [3.8, 4) is 5.75 Å². The zero-order chi connectivity index (χ0) is 16.3. The molecule has 0 unspecified atom stereocenters. The zero-order valence-corrected chi connectivity index (χ0v) is 13.5. The van der Waals surface area contributed by atoms with Gasteiger partial charge >= 0.3 is 0 Å². The topological polar surface area (TPSA) is 55.8 Å². The number of ether oxygens (including phenoxy) is 2. The van der Waals surface area contributed by atoms with Crippen LogP contribution in [0.3, 0.4) is 0 Å². The molecule has 23 heavy (non-hydrogen) atoms. The molecule has 1 heterocycles. The number of Topliss-reactive ketones (excluding diaryl/α,β-unsaturated/α-hetero) is 1. The fraction of sp³-hybridized carbons (Fsp3) is 0.556. The molecule has 0 atom stereocenters. The first-order valence-corrected chi connectivity index (χ1v) is 8.20. The number of amides is 1. The van der Waals surface area contributed by atoms with E-state index in [9.17, 15) is 9.59 Å². The van der Waals surface area contributed by atoms with Gasteiger partial charge in [-0.2, -0.15) is 0 Å². The van der Waals surface area contributed by atoms with E-state index < -0.39 is 0 Å². The lowest BCUT2D eigenvalue weighted by Gasteiger charge is -2.52. The quantitative estimate of drug-likeness (QED) is 0.783. The summed E-state index contributed by atoms with van der Waals surface area (Å²) in [5.41, 5.74) is 0.403. The largest absolute Gasteiger partial charge is 0.491 e. The number of carbonyl (C=O) groups is 2. The normalized spacial score (nSPS) is 19.5. The monoisotopic (exact) mass is 317 g/mol. The van der Waals surface area contributed by atoms with E-state index in [1.807, 2.05) is 23.1 Å². The Bertz CT molecular complexity index is 594. The average molecular weight is 317 g/mol. The van der Waals surface area contributed by atoms with Crippen LogP contribution in [0.5, 0.6) is 5.75 Å². The van der Waals surface area contributed by atoms with Crippen molar-refractivity contribution in [3.63, 3.8) is 0 Å². The number of nitrogens with zero attached hydrogens (tertiary/aromatic N) is 1. The first-order valence-electron chi connectivity index (χ1n) is 8.20. The minimum Gasteiger partial charge on any atom is -0.491 e. The summed E-state index contributed by atoms with van der Waals surface area (Å²) in [7, 11) is 1.62. The van der Waals surface area contributed by atoms with Gasteiger partial charge in [0, 0.05) is 32.1 Å². The zero-order valence-electron chi connectivity index (χ0n) is 13.5. The Morgan fingerprint density at radius 2 is 2.13 bits per heavy atom. The van der Waals surface area contributed by atoms with Crippen molar-refractivity contribution in [1.82, 2.24) is 4.90 Å². The van der Waals surface area contributed by atoms with Gasteiger partial charge in [-0.25, -0.2) is 0 Å². The molecule has 0 radical (unpaired) electrons. The summed E-state index contributed by atoms with van der Waals surface area (Å²) < 4.78 is 10.5. The third-order valence-corrected chi connectivity index (χ3v) is 4.88. The molecule has 1 aromatic rings. The van der Waals surface area contributed by atoms with Crippen LogP contribution in [0.1, 0.15) is 42.5 Å². The molecule has 1 saturated carbocycles. The summed E-state index contributed by atoms with van der Waals surface area (Å²) in [4.78, 5) is 26.7. The van der Waals surface area contributed by atoms with Crippen molar-refractivity contribution in [1.29, 1.82) is 0 Å². The maximum absolute atomic E-state index is 12.9. The number of benzene rings is 1. The van der Waals surface area contributed by atoms with Crippen LogP contribution in [-0.2, 0) is 9.53 Å². The molecular formula is C18H23NO4. The van der Waals surface area contributed by atoms with E-state index in [-0.39, 0.29) is 17.2 Å². The van der Waals surface area contributed by atoms with E-state index in [0.29, 0.717) is 43.9 Å². The smallest absolute Gasteiger partial charge is 0.254 e. The minimum absolute atomic E-state index is 0.00870. The fourth-order valence-electron chi connectivity index (χ4n) is 3.49. The summed E-state index contributed by atoms with van der Waals surface area (Å²) in [6, 6.07) is 7.26. The Hall–Kier alpha value is -1.88. The number of rotatable bonds is 5. The van der Waals surface area contributed by atoms with Crippen LogP contribution in [0.4, 0.5) is 0 Å². The molecule has 0 bridgehead atoms. The highest BCUT2D eigenvalue weighted by Crippen LogP contribution is 2.44. The van der Waals surface area contributed by atoms with E-state index in [1.54, 1.807) is 13.2 Å². The molecule has 2 fully saturated rings. The predicted molar refractivity (Wildman–Crippen MR) is 85.7 cm³/mol. The highest BCUT2D eigenvalue weighted by Gasteiger charge is 2.48. The number of likely N-dealkylation sites (tertiary alicyclic amines) is 1. The number of methoxy groups -OCH3 is 1. The molecule has 3 rings (SSSR count). The van der Waals surface area contributed by atoms with Crippen LogP contribution in [0.2, 0.25) is 0 Å². The highest BCUT2D eigenvalue weighted by atomic mass is 16.5. The van der Waals surface area contributed by atoms with E-state index in [4.69, 9.17) is 9.47 Å². The van der Waals surface area contributed by atoms with Crippen LogP contribution >= 0.6 is 0 Å². The molecular weight excluding hydrogens is 294 g/mol. The Balaban J connectivity index is 1.74. The van der Waals surface area contributed by atoms with Crippen molar-refractivity contribution in [2.24, 2.45) is 0 Å². The minimum atomic E-state index is -0.223. The molecule has 5 nitrogen and oxygen atoms in total. The summed E-state index contributed by atoms with van der Waals surface area (Å²) in [6.07, 6.45) is 3.96. The van der Waals surface area contributed by atoms with Gasteiger partial charge in [0.2, 0.25) is 0 Å². The van der Waals surface area contributed by atoms with Crippen molar-refractivity contribution >= 4 is 11.7 Å². The van der Waals surface area contributed by atoms with Crippen molar-refractivity contribution in [3.05, 3.63) is 29.8 Å². The SMILES string of the molecule is COCCOc1cccc(C(=O)N2CCC(=O)CC23CCC3)c1. The van der Waals surface area contributed by atoms with Crippen LogP contribution in [0.25, 0.3) is 0 Å². The molecule has 1 spiro atoms. The average Bonchev–Trinajstić information content (AvgIpc) is 2.53. The van der Waals surface area contributed by atoms with Crippen LogP contribution in [0, 0.1) is 0 Å². The van der Waals surface area contributed by atoms with Gasteiger partial charge in [-0.05, 0) is 37.5 Å². The molecule has 0 N–H and O–H groups in total. The second-order valence-electron chi connectivity index (χ2n) is 6.37. The molecule has 124 valence electrons. The molecule has 0 aromatic heterocycles. The Labute approximate surface area is 136 Å². The van der Waals surface area contributed by atoms with Crippen molar-refractivity contribution in [2.45, 2.75) is 37.6 Å². The Kier molecular flexibility index (Phi) is 4.66. The first-order chi connectivity index (χ1) is 11.1. The van der Waals surface area contributed by atoms with Gasteiger partial charge < -0.3 is 14.4 Å². The van der Waals surface area contributed by atoms with E-state index in [0.717, 1.165) is 19.3 Å². The van der Waals surface area contributed by atoms with Crippen molar-refractivity contribution < 1.29 is 19.1 Å². The van der Waals surface area contributed by atoms with Gasteiger partial charge in [-0.15, -0.1) is 0 Å². The molecule has 1 aliphatic heterocycles. The highest BCUT2D eigenvalue weighted by molar-refractivity contribution is 5.96. The first kappa shape index (κ1) is 16.0. The number of carbonyl (C=O) groups excluding carboxylic acids is 2. The number of piperidine rings is 1. The molecule has 1 aromatic carbocycles. The lowest BCUT2D eigenvalue weighted by atomic mass is 9.69. The predicted octanol–water partition coefficient (Wildman–Crippen LogP) is 2.44. The molecule has 1 aliphatic carbocycles. The lowest BCUT2D eigenvalue weighted by molar-refractivity contribution is -0.128.